The number of aromatic nitrogens is 1. The van der Waals surface area contributed by atoms with Crippen molar-refractivity contribution in [3.05, 3.63) is 88.3 Å². The molecule has 1 saturated carbocycles. The van der Waals surface area contributed by atoms with Crippen molar-refractivity contribution in [2.24, 2.45) is 0 Å². The molecule has 42 heavy (non-hydrogen) atoms. The van der Waals surface area contributed by atoms with E-state index in [0.717, 1.165) is 53.9 Å². The molecular weight excluding hydrogens is 548 g/mol. The molecule has 3 N–H and O–H groups in total. The van der Waals surface area contributed by atoms with E-state index in [9.17, 15) is 9.59 Å². The monoisotopic (exact) mass is 584 g/mol. The smallest absolute Gasteiger partial charge is 0.273 e. The number of ether oxygens (including phenoxy) is 2. The highest BCUT2D eigenvalue weighted by molar-refractivity contribution is 7.09. The SMILES string of the molecule is COc1ccc(-c2nsc(C(=O)N(c3cc(C)ccc3C)[C@H](C(=O)NC3CCCC3)c3ccc(OC)cc3)c2N)cc1. The minimum atomic E-state index is -0.949. The summed E-state index contributed by atoms with van der Waals surface area (Å²) in [5.41, 5.74) is 11.3. The molecule has 4 aromatic rings. The van der Waals surface area contributed by atoms with Gasteiger partial charge in [-0.2, -0.15) is 4.37 Å². The number of nitrogens with two attached hydrogens (primary N) is 1. The molecule has 0 saturated heterocycles. The summed E-state index contributed by atoms with van der Waals surface area (Å²) in [6, 6.07) is 19.7. The lowest BCUT2D eigenvalue weighted by Gasteiger charge is -2.33. The summed E-state index contributed by atoms with van der Waals surface area (Å²) in [6.45, 7) is 3.91. The predicted octanol–water partition coefficient (Wildman–Crippen LogP) is 6.47. The van der Waals surface area contributed by atoms with E-state index in [1.54, 1.807) is 31.3 Å². The Bertz CT molecular complexity index is 1560. The van der Waals surface area contributed by atoms with Gasteiger partial charge in [0.1, 0.15) is 28.1 Å². The number of amides is 2. The van der Waals surface area contributed by atoms with Crippen molar-refractivity contribution in [3.63, 3.8) is 0 Å². The zero-order valence-electron chi connectivity index (χ0n) is 24.3. The molecule has 3 aromatic carbocycles. The molecule has 1 heterocycles. The number of aryl methyl sites for hydroxylation is 2. The van der Waals surface area contributed by atoms with Crippen molar-refractivity contribution in [1.29, 1.82) is 0 Å². The molecule has 5 rings (SSSR count). The van der Waals surface area contributed by atoms with Crippen LogP contribution < -0.4 is 25.4 Å². The van der Waals surface area contributed by atoms with Crippen molar-refractivity contribution >= 4 is 34.7 Å². The first-order valence-electron chi connectivity index (χ1n) is 14.1. The van der Waals surface area contributed by atoms with Crippen LogP contribution >= 0.6 is 11.5 Å². The molecule has 8 nitrogen and oxygen atoms in total. The highest BCUT2D eigenvalue weighted by atomic mass is 32.1. The van der Waals surface area contributed by atoms with Gasteiger partial charge in [-0.05, 0) is 97.4 Å². The van der Waals surface area contributed by atoms with Gasteiger partial charge < -0.3 is 20.5 Å². The summed E-state index contributed by atoms with van der Waals surface area (Å²) in [6.07, 6.45) is 3.99. The van der Waals surface area contributed by atoms with Gasteiger partial charge in [0.05, 0.1) is 19.9 Å². The number of methoxy groups -OCH3 is 2. The molecular formula is C33H36N4O4S. The molecule has 9 heteroatoms. The standard InChI is InChI=1S/C33H36N4O4S/c1-20-9-10-21(2)27(19-20)37(33(39)31-28(34)29(36-42-31)22-11-15-25(40-3)16-12-22)30(23-13-17-26(41-4)18-14-23)32(38)35-24-7-5-6-8-24/h9-19,24,30H,5-8,34H2,1-4H3,(H,35,38)/t30-/m0/s1. The maximum atomic E-state index is 14.6. The van der Waals surface area contributed by atoms with Crippen LogP contribution in [0.1, 0.15) is 58.1 Å². The minimum Gasteiger partial charge on any atom is -0.497 e. The van der Waals surface area contributed by atoms with Crippen LogP contribution in [0.4, 0.5) is 11.4 Å². The van der Waals surface area contributed by atoms with Gasteiger partial charge in [-0.1, -0.05) is 37.1 Å². The minimum absolute atomic E-state index is 0.0731. The van der Waals surface area contributed by atoms with Crippen molar-refractivity contribution in [3.8, 4) is 22.8 Å². The van der Waals surface area contributed by atoms with E-state index < -0.39 is 6.04 Å². The van der Waals surface area contributed by atoms with E-state index >= 15 is 0 Å². The lowest BCUT2D eigenvalue weighted by Crippen LogP contribution is -2.46. The summed E-state index contributed by atoms with van der Waals surface area (Å²) < 4.78 is 15.2. The van der Waals surface area contributed by atoms with Gasteiger partial charge in [0.2, 0.25) is 5.91 Å². The fourth-order valence-electron chi connectivity index (χ4n) is 5.42. The number of nitrogen functional groups attached to an aromatic ring is 1. The van der Waals surface area contributed by atoms with E-state index in [2.05, 4.69) is 9.69 Å². The maximum absolute atomic E-state index is 14.6. The fraction of sp³-hybridized carbons (Fsp3) is 0.303. The molecule has 1 fully saturated rings. The Labute approximate surface area is 250 Å². The second-order valence-corrected chi connectivity index (χ2v) is 11.4. The van der Waals surface area contributed by atoms with Crippen molar-refractivity contribution in [2.45, 2.75) is 51.6 Å². The third-order valence-electron chi connectivity index (χ3n) is 7.77. The number of hydrogen-bond donors (Lipinski definition) is 2. The molecule has 1 aliphatic rings. The number of nitrogens with one attached hydrogen (secondary N) is 1. The van der Waals surface area contributed by atoms with Crippen LogP contribution in [0.15, 0.2) is 66.7 Å². The van der Waals surface area contributed by atoms with Gasteiger partial charge in [0.25, 0.3) is 5.91 Å². The summed E-state index contributed by atoms with van der Waals surface area (Å²) in [5, 5.41) is 3.23. The molecule has 1 aliphatic carbocycles. The quantitative estimate of drug-likeness (QED) is 0.233. The largest absolute Gasteiger partial charge is 0.497 e. The highest BCUT2D eigenvalue weighted by Crippen LogP contribution is 2.38. The number of nitrogens with zero attached hydrogens (tertiary/aromatic N) is 2. The molecule has 1 atom stereocenters. The van der Waals surface area contributed by atoms with Crippen LogP contribution in [0.3, 0.4) is 0 Å². The Morgan fingerprint density at radius 1 is 0.952 bits per heavy atom. The van der Waals surface area contributed by atoms with E-state index in [0.29, 0.717) is 28.4 Å². The lowest BCUT2D eigenvalue weighted by molar-refractivity contribution is -0.123. The Kier molecular flexibility index (Phi) is 8.77. The van der Waals surface area contributed by atoms with Crippen molar-refractivity contribution < 1.29 is 19.1 Å². The maximum Gasteiger partial charge on any atom is 0.273 e. The first-order chi connectivity index (χ1) is 20.3. The molecule has 0 radical (unpaired) electrons. The number of carbonyl (C=O) groups excluding carboxylic acids is 2. The topological polar surface area (TPSA) is 107 Å². The Hall–Kier alpha value is -4.37. The molecule has 2 amide bonds. The van der Waals surface area contributed by atoms with Crippen molar-refractivity contribution in [1.82, 2.24) is 9.69 Å². The van der Waals surface area contributed by atoms with Crippen LogP contribution in [0.2, 0.25) is 0 Å². The number of carbonyl (C=O) groups is 2. The van der Waals surface area contributed by atoms with Gasteiger partial charge in [-0.3, -0.25) is 14.5 Å². The Morgan fingerprint density at radius 2 is 1.57 bits per heavy atom. The summed E-state index contributed by atoms with van der Waals surface area (Å²) in [5.74, 6) is 0.746. The van der Waals surface area contributed by atoms with Gasteiger partial charge in [-0.25, -0.2) is 0 Å². The van der Waals surface area contributed by atoms with Gasteiger partial charge in [0, 0.05) is 17.3 Å². The third kappa shape index (κ3) is 5.97. The first kappa shape index (κ1) is 29.1. The Balaban J connectivity index is 1.63. The van der Waals surface area contributed by atoms with Gasteiger partial charge in [0.15, 0.2) is 0 Å². The molecule has 0 aliphatic heterocycles. The van der Waals surface area contributed by atoms with E-state index in [4.69, 9.17) is 15.2 Å². The summed E-state index contributed by atoms with van der Waals surface area (Å²) in [4.78, 5) is 30.7. The number of benzene rings is 3. The molecule has 0 spiro atoms. The van der Waals surface area contributed by atoms with Crippen molar-refractivity contribution in [2.75, 3.05) is 24.9 Å². The van der Waals surface area contributed by atoms with Gasteiger partial charge >= 0.3 is 0 Å². The van der Waals surface area contributed by atoms with Crippen LogP contribution in [-0.4, -0.2) is 36.4 Å². The second kappa shape index (κ2) is 12.7. The van der Waals surface area contributed by atoms with Gasteiger partial charge in [-0.15, -0.1) is 0 Å². The first-order valence-corrected chi connectivity index (χ1v) is 14.8. The molecule has 1 aromatic heterocycles. The molecule has 0 bridgehead atoms. The number of hydrogen-bond acceptors (Lipinski definition) is 7. The van der Waals surface area contributed by atoms with E-state index in [1.807, 2.05) is 68.4 Å². The summed E-state index contributed by atoms with van der Waals surface area (Å²) in [7, 11) is 3.20. The normalized spacial score (nSPS) is 13.9. The zero-order valence-corrected chi connectivity index (χ0v) is 25.2. The summed E-state index contributed by atoms with van der Waals surface area (Å²) >= 11 is 1.04. The Morgan fingerprint density at radius 3 is 2.19 bits per heavy atom. The number of anilines is 2. The third-order valence-corrected chi connectivity index (χ3v) is 8.62. The predicted molar refractivity (Wildman–Crippen MR) is 167 cm³/mol. The highest BCUT2D eigenvalue weighted by Gasteiger charge is 2.37. The fourth-order valence-corrected chi connectivity index (χ4v) is 6.17. The lowest BCUT2D eigenvalue weighted by atomic mass is 9.99. The average molecular weight is 585 g/mol. The zero-order chi connectivity index (χ0) is 29.8. The van der Waals surface area contributed by atoms with Crippen LogP contribution in [0.25, 0.3) is 11.3 Å². The average Bonchev–Trinajstić information content (AvgIpc) is 3.66. The number of rotatable bonds is 9. The van der Waals surface area contributed by atoms with Crippen LogP contribution in [0.5, 0.6) is 11.5 Å². The second-order valence-electron chi connectivity index (χ2n) is 10.6. The van der Waals surface area contributed by atoms with Crippen LogP contribution in [0, 0.1) is 13.8 Å². The van der Waals surface area contributed by atoms with E-state index in [1.165, 1.54) is 0 Å². The van der Waals surface area contributed by atoms with Crippen LogP contribution in [-0.2, 0) is 4.79 Å². The molecule has 218 valence electrons. The van der Waals surface area contributed by atoms with E-state index in [-0.39, 0.29) is 28.4 Å². The molecule has 0 unspecified atom stereocenters.